The molecular formula is C20H19BrN2O3. The predicted molar refractivity (Wildman–Crippen MR) is 105 cm³/mol. The number of hydrogen-bond acceptors (Lipinski definition) is 3. The average molecular weight is 415 g/mol. The number of carbonyl (C=O) groups is 1. The minimum atomic E-state index is -0.211. The van der Waals surface area contributed by atoms with Gasteiger partial charge >= 0.3 is 6.03 Å². The number of carbonyl (C=O) groups excluding carboxylic acids is 1. The molecular weight excluding hydrogens is 396 g/mol. The van der Waals surface area contributed by atoms with Crippen molar-refractivity contribution in [1.29, 1.82) is 0 Å². The Labute approximate surface area is 160 Å². The summed E-state index contributed by atoms with van der Waals surface area (Å²) in [6.07, 6.45) is 0. The molecule has 0 bridgehead atoms. The molecule has 1 aromatic heterocycles. The molecule has 0 aliphatic carbocycles. The van der Waals surface area contributed by atoms with Crippen LogP contribution in [0.3, 0.4) is 0 Å². The SMILES string of the molecule is COc1ccc(NC(=O)N(C)Cc2ccc(-c3ccc(Br)cc3)o2)cc1. The van der Waals surface area contributed by atoms with Crippen LogP contribution in [-0.4, -0.2) is 25.1 Å². The Morgan fingerprint density at radius 3 is 2.42 bits per heavy atom. The maximum atomic E-state index is 12.3. The van der Waals surface area contributed by atoms with Crippen LogP contribution in [0.4, 0.5) is 10.5 Å². The molecule has 1 heterocycles. The lowest BCUT2D eigenvalue weighted by molar-refractivity contribution is 0.217. The number of halogens is 1. The maximum Gasteiger partial charge on any atom is 0.321 e. The van der Waals surface area contributed by atoms with Gasteiger partial charge < -0.3 is 19.4 Å². The molecule has 2 aromatic carbocycles. The number of ether oxygens (including phenoxy) is 1. The molecule has 134 valence electrons. The normalized spacial score (nSPS) is 10.4. The van der Waals surface area contributed by atoms with Crippen LogP contribution in [-0.2, 0) is 6.54 Å². The third kappa shape index (κ3) is 4.46. The molecule has 3 rings (SSSR count). The van der Waals surface area contributed by atoms with Gasteiger partial charge in [0.05, 0.1) is 13.7 Å². The van der Waals surface area contributed by atoms with E-state index < -0.39 is 0 Å². The Kier molecular flexibility index (Phi) is 5.63. The average Bonchev–Trinajstić information content (AvgIpc) is 3.11. The minimum absolute atomic E-state index is 0.211. The van der Waals surface area contributed by atoms with Crippen molar-refractivity contribution in [2.24, 2.45) is 0 Å². The van der Waals surface area contributed by atoms with Gasteiger partial charge in [-0.05, 0) is 48.5 Å². The first-order chi connectivity index (χ1) is 12.5. The summed E-state index contributed by atoms with van der Waals surface area (Å²) >= 11 is 3.42. The van der Waals surface area contributed by atoms with Gasteiger partial charge in [0.15, 0.2) is 0 Å². The zero-order valence-corrected chi connectivity index (χ0v) is 16.1. The summed E-state index contributed by atoms with van der Waals surface area (Å²) in [4.78, 5) is 13.9. The Morgan fingerprint density at radius 2 is 1.77 bits per heavy atom. The van der Waals surface area contributed by atoms with Crippen molar-refractivity contribution < 1.29 is 13.9 Å². The van der Waals surface area contributed by atoms with E-state index in [9.17, 15) is 4.79 Å². The van der Waals surface area contributed by atoms with Gasteiger partial charge in [0, 0.05) is 22.8 Å². The smallest absolute Gasteiger partial charge is 0.321 e. The van der Waals surface area contributed by atoms with Crippen LogP contribution >= 0.6 is 15.9 Å². The van der Waals surface area contributed by atoms with E-state index in [1.54, 1.807) is 43.3 Å². The van der Waals surface area contributed by atoms with Gasteiger partial charge in [0.25, 0.3) is 0 Å². The van der Waals surface area contributed by atoms with Gasteiger partial charge in [0.2, 0.25) is 0 Å². The van der Waals surface area contributed by atoms with Crippen LogP contribution in [0.2, 0.25) is 0 Å². The highest BCUT2D eigenvalue weighted by Gasteiger charge is 2.12. The van der Waals surface area contributed by atoms with Crippen molar-refractivity contribution in [2.75, 3.05) is 19.5 Å². The predicted octanol–water partition coefficient (Wildman–Crippen LogP) is 5.38. The summed E-state index contributed by atoms with van der Waals surface area (Å²) in [6, 6.07) is 18.7. The van der Waals surface area contributed by atoms with E-state index in [1.165, 1.54) is 0 Å². The topological polar surface area (TPSA) is 54.7 Å². The van der Waals surface area contributed by atoms with Crippen molar-refractivity contribution in [3.63, 3.8) is 0 Å². The van der Waals surface area contributed by atoms with Crippen molar-refractivity contribution >= 4 is 27.6 Å². The molecule has 0 aliphatic rings. The lowest BCUT2D eigenvalue weighted by Crippen LogP contribution is -2.30. The summed E-state index contributed by atoms with van der Waals surface area (Å²) in [6.45, 7) is 0.374. The molecule has 0 spiro atoms. The van der Waals surface area contributed by atoms with Crippen LogP contribution in [0, 0.1) is 0 Å². The van der Waals surface area contributed by atoms with E-state index in [4.69, 9.17) is 9.15 Å². The van der Waals surface area contributed by atoms with E-state index in [1.807, 2.05) is 36.4 Å². The first-order valence-electron chi connectivity index (χ1n) is 8.06. The highest BCUT2D eigenvalue weighted by Crippen LogP contribution is 2.24. The van der Waals surface area contributed by atoms with E-state index in [0.717, 1.165) is 27.3 Å². The lowest BCUT2D eigenvalue weighted by atomic mass is 10.2. The number of nitrogens with zero attached hydrogens (tertiary/aromatic N) is 1. The summed E-state index contributed by atoms with van der Waals surface area (Å²) in [5.41, 5.74) is 1.70. The molecule has 0 aliphatic heterocycles. The van der Waals surface area contributed by atoms with E-state index in [-0.39, 0.29) is 6.03 Å². The Bertz CT molecular complexity index is 873. The first-order valence-corrected chi connectivity index (χ1v) is 8.85. The van der Waals surface area contributed by atoms with Crippen molar-refractivity contribution in [1.82, 2.24) is 4.90 Å². The zero-order chi connectivity index (χ0) is 18.5. The molecule has 6 heteroatoms. The van der Waals surface area contributed by atoms with Crippen LogP contribution in [0.25, 0.3) is 11.3 Å². The van der Waals surface area contributed by atoms with E-state index in [0.29, 0.717) is 12.2 Å². The number of benzene rings is 2. The number of nitrogens with one attached hydrogen (secondary N) is 1. The van der Waals surface area contributed by atoms with Crippen LogP contribution in [0.5, 0.6) is 5.75 Å². The fourth-order valence-corrected chi connectivity index (χ4v) is 2.70. The molecule has 0 fully saturated rings. The van der Waals surface area contributed by atoms with Crippen LogP contribution in [0.15, 0.2) is 69.6 Å². The number of urea groups is 1. The Hall–Kier alpha value is -2.73. The lowest BCUT2D eigenvalue weighted by Gasteiger charge is -2.16. The summed E-state index contributed by atoms with van der Waals surface area (Å²) in [5.74, 6) is 2.24. The van der Waals surface area contributed by atoms with Crippen LogP contribution < -0.4 is 10.1 Å². The van der Waals surface area contributed by atoms with Gasteiger partial charge in [-0.2, -0.15) is 0 Å². The fourth-order valence-electron chi connectivity index (χ4n) is 2.43. The van der Waals surface area contributed by atoms with Gasteiger partial charge in [-0.25, -0.2) is 4.79 Å². The standard InChI is InChI=1S/C20H19BrN2O3/c1-23(20(24)22-16-7-9-17(25-2)10-8-16)13-18-11-12-19(26-18)14-3-5-15(21)6-4-14/h3-12H,13H2,1-2H3,(H,22,24). The molecule has 0 radical (unpaired) electrons. The van der Waals surface area contributed by atoms with E-state index >= 15 is 0 Å². The van der Waals surface area contributed by atoms with Gasteiger partial charge in [-0.15, -0.1) is 0 Å². The molecule has 0 unspecified atom stereocenters. The maximum absolute atomic E-state index is 12.3. The second-order valence-electron chi connectivity index (χ2n) is 5.79. The number of hydrogen-bond donors (Lipinski definition) is 1. The number of furan rings is 1. The summed E-state index contributed by atoms with van der Waals surface area (Å²) < 4.78 is 12.0. The third-order valence-corrected chi connectivity index (χ3v) is 4.40. The number of anilines is 1. The molecule has 3 aromatic rings. The first kappa shape index (κ1) is 18.1. The molecule has 0 saturated carbocycles. The largest absolute Gasteiger partial charge is 0.497 e. The van der Waals surface area contributed by atoms with Crippen molar-refractivity contribution in [3.8, 4) is 17.1 Å². The summed E-state index contributed by atoms with van der Waals surface area (Å²) in [5, 5.41) is 2.84. The van der Waals surface area contributed by atoms with Crippen LogP contribution in [0.1, 0.15) is 5.76 Å². The number of amides is 2. The van der Waals surface area contributed by atoms with Gasteiger partial charge in [-0.1, -0.05) is 28.1 Å². The zero-order valence-electron chi connectivity index (χ0n) is 14.5. The quantitative estimate of drug-likeness (QED) is 0.609. The number of rotatable bonds is 5. The monoisotopic (exact) mass is 414 g/mol. The van der Waals surface area contributed by atoms with E-state index in [2.05, 4.69) is 21.2 Å². The molecule has 2 amide bonds. The molecule has 0 saturated heterocycles. The highest BCUT2D eigenvalue weighted by atomic mass is 79.9. The third-order valence-electron chi connectivity index (χ3n) is 3.87. The Balaban J connectivity index is 1.61. The number of methoxy groups -OCH3 is 1. The second kappa shape index (κ2) is 8.10. The molecule has 26 heavy (non-hydrogen) atoms. The molecule has 0 atom stereocenters. The summed E-state index contributed by atoms with van der Waals surface area (Å²) in [7, 11) is 3.33. The molecule has 5 nitrogen and oxygen atoms in total. The molecule has 1 N–H and O–H groups in total. The fraction of sp³-hybridized carbons (Fsp3) is 0.150. The van der Waals surface area contributed by atoms with Gasteiger partial charge in [0.1, 0.15) is 17.3 Å². The Morgan fingerprint density at radius 1 is 1.08 bits per heavy atom. The van der Waals surface area contributed by atoms with Gasteiger partial charge in [-0.3, -0.25) is 0 Å². The van der Waals surface area contributed by atoms with Crippen molar-refractivity contribution in [3.05, 3.63) is 70.9 Å². The highest BCUT2D eigenvalue weighted by molar-refractivity contribution is 9.10. The second-order valence-corrected chi connectivity index (χ2v) is 6.70. The minimum Gasteiger partial charge on any atom is -0.497 e. The van der Waals surface area contributed by atoms with Crippen molar-refractivity contribution in [2.45, 2.75) is 6.54 Å².